The molecule has 2 aromatic rings. The molecule has 0 aromatic heterocycles. The summed E-state index contributed by atoms with van der Waals surface area (Å²) in [6.45, 7) is 6.96. The molecule has 0 spiro atoms. The second-order valence-electron chi connectivity index (χ2n) is 7.99. The zero-order valence-electron chi connectivity index (χ0n) is 19.7. The van der Waals surface area contributed by atoms with Gasteiger partial charge in [0.1, 0.15) is 0 Å². The predicted molar refractivity (Wildman–Crippen MR) is 133 cm³/mol. The first kappa shape index (κ1) is 27.0. The Hall–Kier alpha value is -3.20. The number of halogens is 1. The van der Waals surface area contributed by atoms with Gasteiger partial charge in [-0.2, -0.15) is 0 Å². The fraction of sp³-hybridized carbons (Fsp3) is 0.360. The highest BCUT2D eigenvalue weighted by Gasteiger charge is 2.13. The molecule has 0 saturated carbocycles. The van der Waals surface area contributed by atoms with E-state index in [1.807, 2.05) is 19.9 Å². The van der Waals surface area contributed by atoms with Gasteiger partial charge in [0.25, 0.3) is 5.91 Å². The molecule has 34 heavy (non-hydrogen) atoms. The molecule has 0 aliphatic heterocycles. The second-order valence-corrected chi connectivity index (χ2v) is 8.84. The van der Waals surface area contributed by atoms with Crippen LogP contribution in [0.3, 0.4) is 0 Å². The lowest BCUT2D eigenvalue weighted by Gasteiger charge is -2.12. The molecule has 0 unspecified atom stereocenters. The van der Waals surface area contributed by atoms with Crippen molar-refractivity contribution in [2.24, 2.45) is 0 Å². The molecule has 8 nitrogen and oxygen atoms in total. The summed E-state index contributed by atoms with van der Waals surface area (Å²) < 4.78 is 11.1. The van der Waals surface area contributed by atoms with E-state index >= 15 is 0 Å². The van der Waals surface area contributed by atoms with Crippen LogP contribution >= 0.6 is 15.9 Å². The molecule has 0 heterocycles. The molecule has 0 fully saturated rings. The van der Waals surface area contributed by atoms with Crippen LogP contribution in [0.1, 0.15) is 54.6 Å². The van der Waals surface area contributed by atoms with Gasteiger partial charge < -0.3 is 20.1 Å². The van der Waals surface area contributed by atoms with E-state index in [4.69, 9.17) is 9.47 Å². The molecule has 182 valence electrons. The van der Waals surface area contributed by atoms with E-state index in [1.165, 1.54) is 0 Å². The number of hydrogen-bond acceptors (Lipinski definition) is 6. The molecule has 0 saturated heterocycles. The number of amides is 2. The first-order valence-corrected chi connectivity index (χ1v) is 11.7. The van der Waals surface area contributed by atoms with Crippen molar-refractivity contribution in [3.05, 3.63) is 57.6 Å². The first-order valence-electron chi connectivity index (χ1n) is 10.9. The Morgan fingerprint density at radius 1 is 0.882 bits per heavy atom. The second kappa shape index (κ2) is 12.9. The number of benzene rings is 2. The van der Waals surface area contributed by atoms with Crippen LogP contribution in [-0.2, 0) is 23.9 Å². The fourth-order valence-electron chi connectivity index (χ4n) is 2.92. The third kappa shape index (κ3) is 8.62. The third-order valence-corrected chi connectivity index (χ3v) is 5.75. The van der Waals surface area contributed by atoms with Crippen molar-refractivity contribution < 1.29 is 28.7 Å². The minimum atomic E-state index is -0.556. The number of ether oxygens (including phenoxy) is 2. The normalized spacial score (nSPS) is 10.5. The van der Waals surface area contributed by atoms with Crippen molar-refractivity contribution in [3.8, 4) is 0 Å². The summed E-state index contributed by atoms with van der Waals surface area (Å²) in [6.07, 6.45) is 0.177. The van der Waals surface area contributed by atoms with Crippen molar-refractivity contribution in [1.29, 1.82) is 0 Å². The Bertz CT molecular complexity index is 1050. The maximum Gasteiger partial charge on any atom is 0.338 e. The molecule has 2 N–H and O–H groups in total. The SMILES string of the molecule is Cc1c(Br)ccc(NC(=O)COC(=O)CCCC(=O)Nc2ccc(C(=O)OC(C)C)cc2)c1C. The smallest absolute Gasteiger partial charge is 0.338 e. The minimum Gasteiger partial charge on any atom is -0.459 e. The Kier molecular flexibility index (Phi) is 10.2. The molecular formula is C25H29BrN2O6. The lowest BCUT2D eigenvalue weighted by molar-refractivity contribution is -0.147. The fourth-order valence-corrected chi connectivity index (χ4v) is 3.35. The summed E-state index contributed by atoms with van der Waals surface area (Å²) in [5.41, 5.74) is 3.51. The minimum absolute atomic E-state index is 0.0110. The van der Waals surface area contributed by atoms with E-state index in [9.17, 15) is 19.2 Å². The van der Waals surface area contributed by atoms with E-state index in [0.29, 0.717) is 16.9 Å². The maximum absolute atomic E-state index is 12.1. The molecule has 0 radical (unpaired) electrons. The topological polar surface area (TPSA) is 111 Å². The van der Waals surface area contributed by atoms with Crippen LogP contribution in [0.15, 0.2) is 40.9 Å². The molecule has 0 aliphatic rings. The third-order valence-electron chi connectivity index (χ3n) is 4.89. The number of hydrogen-bond donors (Lipinski definition) is 2. The number of carbonyl (C=O) groups is 4. The van der Waals surface area contributed by atoms with Crippen LogP contribution in [-0.4, -0.2) is 36.5 Å². The molecule has 0 aliphatic carbocycles. The van der Waals surface area contributed by atoms with Gasteiger partial charge in [-0.15, -0.1) is 0 Å². The van der Waals surface area contributed by atoms with Gasteiger partial charge in [0.15, 0.2) is 6.61 Å². The van der Waals surface area contributed by atoms with Gasteiger partial charge in [-0.1, -0.05) is 15.9 Å². The van der Waals surface area contributed by atoms with E-state index in [0.717, 1.165) is 15.6 Å². The molecule has 2 rings (SSSR count). The number of nitrogens with one attached hydrogen (secondary N) is 2. The molecule has 9 heteroatoms. The van der Waals surface area contributed by atoms with Crippen LogP contribution in [0.5, 0.6) is 0 Å². The average molecular weight is 533 g/mol. The number of anilines is 2. The van der Waals surface area contributed by atoms with Crippen LogP contribution in [0.2, 0.25) is 0 Å². The monoisotopic (exact) mass is 532 g/mol. The molecule has 2 amide bonds. The van der Waals surface area contributed by atoms with Crippen LogP contribution < -0.4 is 10.6 Å². The number of rotatable bonds is 10. The first-order chi connectivity index (χ1) is 16.1. The number of carbonyl (C=O) groups excluding carboxylic acids is 4. The van der Waals surface area contributed by atoms with E-state index < -0.39 is 24.5 Å². The van der Waals surface area contributed by atoms with Crippen LogP contribution in [0, 0.1) is 13.8 Å². The quantitative estimate of drug-likeness (QED) is 0.420. The van der Waals surface area contributed by atoms with Crippen molar-refractivity contribution >= 4 is 51.1 Å². The van der Waals surface area contributed by atoms with E-state index in [2.05, 4.69) is 26.6 Å². The maximum atomic E-state index is 12.1. The van der Waals surface area contributed by atoms with Gasteiger partial charge in [0, 0.05) is 28.7 Å². The standard InChI is InChI=1S/C25H29BrN2O6/c1-15(2)34-25(32)18-8-10-19(11-9-18)27-22(29)6-5-7-24(31)33-14-23(30)28-21-13-12-20(26)16(3)17(21)4/h8-13,15H,5-7,14H2,1-4H3,(H,27,29)(H,28,30). The molecular weight excluding hydrogens is 504 g/mol. The van der Waals surface area contributed by atoms with Crippen molar-refractivity contribution in [3.63, 3.8) is 0 Å². The van der Waals surface area contributed by atoms with Gasteiger partial charge in [-0.3, -0.25) is 14.4 Å². The van der Waals surface area contributed by atoms with Gasteiger partial charge >= 0.3 is 11.9 Å². The van der Waals surface area contributed by atoms with Crippen molar-refractivity contribution in [1.82, 2.24) is 0 Å². The summed E-state index contributed by atoms with van der Waals surface area (Å²) >= 11 is 3.44. The Morgan fingerprint density at radius 3 is 2.21 bits per heavy atom. The summed E-state index contributed by atoms with van der Waals surface area (Å²) in [6, 6.07) is 9.96. The Balaban J connectivity index is 1.68. The highest BCUT2D eigenvalue weighted by Crippen LogP contribution is 2.25. The average Bonchev–Trinajstić information content (AvgIpc) is 2.78. The summed E-state index contributed by atoms with van der Waals surface area (Å²) in [5.74, 6) is -1.69. The van der Waals surface area contributed by atoms with Gasteiger partial charge in [0.2, 0.25) is 5.91 Å². The zero-order chi connectivity index (χ0) is 25.3. The highest BCUT2D eigenvalue weighted by atomic mass is 79.9. The van der Waals surface area contributed by atoms with Gasteiger partial charge in [-0.25, -0.2) is 4.79 Å². The molecule has 0 bridgehead atoms. The Labute approximate surface area is 207 Å². The molecule has 0 atom stereocenters. The molecule has 2 aromatic carbocycles. The number of esters is 2. The van der Waals surface area contributed by atoms with Gasteiger partial charge in [0.05, 0.1) is 11.7 Å². The van der Waals surface area contributed by atoms with Crippen LogP contribution in [0.4, 0.5) is 11.4 Å². The summed E-state index contributed by atoms with van der Waals surface area (Å²) in [5, 5.41) is 5.43. The van der Waals surface area contributed by atoms with Crippen molar-refractivity contribution in [2.45, 2.75) is 53.1 Å². The lowest BCUT2D eigenvalue weighted by Crippen LogP contribution is -2.21. The highest BCUT2D eigenvalue weighted by molar-refractivity contribution is 9.10. The zero-order valence-corrected chi connectivity index (χ0v) is 21.3. The largest absolute Gasteiger partial charge is 0.459 e. The summed E-state index contributed by atoms with van der Waals surface area (Å²) in [4.78, 5) is 47.9. The van der Waals surface area contributed by atoms with E-state index in [-0.39, 0.29) is 31.3 Å². The van der Waals surface area contributed by atoms with Crippen LogP contribution in [0.25, 0.3) is 0 Å². The summed E-state index contributed by atoms with van der Waals surface area (Å²) in [7, 11) is 0. The Morgan fingerprint density at radius 2 is 1.56 bits per heavy atom. The van der Waals surface area contributed by atoms with Crippen molar-refractivity contribution in [2.75, 3.05) is 17.2 Å². The lowest BCUT2D eigenvalue weighted by atomic mass is 10.1. The van der Waals surface area contributed by atoms with Gasteiger partial charge in [-0.05, 0) is 81.6 Å². The predicted octanol–water partition coefficient (Wildman–Crippen LogP) is 4.92. The van der Waals surface area contributed by atoms with E-state index in [1.54, 1.807) is 44.2 Å².